The van der Waals surface area contributed by atoms with Crippen LogP contribution in [0.1, 0.15) is 30.6 Å². The first-order valence-corrected chi connectivity index (χ1v) is 6.18. The van der Waals surface area contributed by atoms with Crippen LogP contribution in [0.5, 0.6) is 0 Å². The van der Waals surface area contributed by atoms with E-state index in [-0.39, 0.29) is 18.4 Å². The summed E-state index contributed by atoms with van der Waals surface area (Å²) < 4.78 is 0. The number of likely N-dealkylation sites (N-methyl/N-ethyl adjacent to an activating group) is 1. The molecule has 1 aromatic carbocycles. The second-order valence-electron chi connectivity index (χ2n) is 4.01. The molecule has 0 saturated heterocycles. The maximum Gasteiger partial charge on any atom is 0.179 e. The van der Waals surface area contributed by atoms with Gasteiger partial charge < -0.3 is 5.11 Å². The van der Waals surface area contributed by atoms with Crippen LogP contribution < -0.4 is 0 Å². The van der Waals surface area contributed by atoms with Crippen molar-refractivity contribution in [2.45, 2.75) is 26.3 Å². The number of carbonyl (C=O) groups excluding carboxylic acids is 1. The average Bonchev–Trinajstić information content (AvgIpc) is 2.39. The minimum absolute atomic E-state index is 0.0897. The van der Waals surface area contributed by atoms with Gasteiger partial charge in [-0.2, -0.15) is 0 Å². The van der Waals surface area contributed by atoms with Crippen molar-refractivity contribution in [3.05, 3.63) is 35.9 Å². The lowest BCUT2D eigenvalue weighted by atomic mass is 10.0. The van der Waals surface area contributed by atoms with E-state index >= 15 is 0 Å². The molecule has 0 aliphatic carbocycles. The van der Waals surface area contributed by atoms with Crippen molar-refractivity contribution in [2.24, 2.45) is 0 Å². The van der Waals surface area contributed by atoms with Crippen molar-refractivity contribution < 1.29 is 9.90 Å². The third kappa shape index (κ3) is 3.65. The van der Waals surface area contributed by atoms with Crippen molar-refractivity contribution in [3.8, 4) is 0 Å². The molecule has 1 aromatic rings. The van der Waals surface area contributed by atoms with Crippen LogP contribution >= 0.6 is 0 Å². The van der Waals surface area contributed by atoms with E-state index in [4.69, 9.17) is 5.11 Å². The highest BCUT2D eigenvalue weighted by Crippen LogP contribution is 2.12. The molecule has 3 heteroatoms. The van der Waals surface area contributed by atoms with E-state index in [0.29, 0.717) is 6.54 Å². The molecule has 0 amide bonds. The maximum absolute atomic E-state index is 12.3. The minimum Gasteiger partial charge on any atom is -0.395 e. The molecule has 0 aliphatic rings. The zero-order valence-electron chi connectivity index (χ0n) is 10.6. The number of hydrogen-bond acceptors (Lipinski definition) is 3. The van der Waals surface area contributed by atoms with Crippen LogP contribution in [0.3, 0.4) is 0 Å². The minimum atomic E-state index is -0.130. The number of ketones is 1. The molecule has 1 N–H and O–H groups in total. The third-order valence-corrected chi connectivity index (χ3v) is 2.98. The van der Waals surface area contributed by atoms with Crippen LogP contribution in [0.4, 0.5) is 0 Å². The summed E-state index contributed by atoms with van der Waals surface area (Å²) in [5.74, 6) is 0.142. The molecule has 0 aromatic heterocycles. The summed E-state index contributed by atoms with van der Waals surface area (Å²) in [7, 11) is 0. The Morgan fingerprint density at radius 3 is 2.41 bits per heavy atom. The van der Waals surface area contributed by atoms with Crippen molar-refractivity contribution in [1.82, 2.24) is 4.90 Å². The van der Waals surface area contributed by atoms with Crippen LogP contribution in [0, 0.1) is 0 Å². The number of aliphatic hydroxyl groups excluding tert-OH is 1. The predicted molar refractivity (Wildman–Crippen MR) is 69.2 cm³/mol. The van der Waals surface area contributed by atoms with E-state index in [0.717, 1.165) is 18.5 Å². The standard InChI is InChI=1S/C14H21NO2/c1-3-13(15(4-2)10-11-16)14(17)12-8-6-5-7-9-12/h5-9,13,16H,3-4,10-11H2,1-2H3. The van der Waals surface area contributed by atoms with Crippen LogP contribution in [0.2, 0.25) is 0 Å². The van der Waals surface area contributed by atoms with Crippen LogP contribution in [0.15, 0.2) is 30.3 Å². The van der Waals surface area contributed by atoms with Crippen LogP contribution in [0.25, 0.3) is 0 Å². The van der Waals surface area contributed by atoms with Gasteiger partial charge in [0.25, 0.3) is 0 Å². The Hall–Kier alpha value is -1.19. The molecular formula is C14H21NO2. The monoisotopic (exact) mass is 235 g/mol. The summed E-state index contributed by atoms with van der Waals surface area (Å²) in [6.07, 6.45) is 0.765. The molecule has 0 spiro atoms. The van der Waals surface area contributed by atoms with E-state index in [2.05, 4.69) is 0 Å². The zero-order chi connectivity index (χ0) is 12.7. The second kappa shape index (κ2) is 7.20. The Balaban J connectivity index is 2.83. The first-order chi connectivity index (χ1) is 8.24. The smallest absolute Gasteiger partial charge is 0.179 e. The summed E-state index contributed by atoms with van der Waals surface area (Å²) in [4.78, 5) is 14.4. The Morgan fingerprint density at radius 2 is 1.94 bits per heavy atom. The normalized spacial score (nSPS) is 12.7. The van der Waals surface area contributed by atoms with Crippen LogP contribution in [-0.2, 0) is 0 Å². The summed E-state index contributed by atoms with van der Waals surface area (Å²) in [5, 5.41) is 9.01. The molecule has 0 aliphatic heterocycles. The second-order valence-corrected chi connectivity index (χ2v) is 4.01. The molecule has 1 atom stereocenters. The maximum atomic E-state index is 12.3. The Kier molecular flexibility index (Phi) is 5.87. The van der Waals surface area contributed by atoms with E-state index < -0.39 is 0 Å². The third-order valence-electron chi connectivity index (χ3n) is 2.98. The molecule has 0 heterocycles. The molecule has 1 unspecified atom stereocenters. The highest BCUT2D eigenvalue weighted by Gasteiger charge is 2.23. The largest absolute Gasteiger partial charge is 0.395 e. The van der Waals surface area contributed by atoms with E-state index in [1.54, 1.807) is 0 Å². The number of nitrogens with zero attached hydrogens (tertiary/aromatic N) is 1. The molecule has 0 bridgehead atoms. The number of aliphatic hydroxyl groups is 1. The quantitative estimate of drug-likeness (QED) is 0.734. The van der Waals surface area contributed by atoms with Gasteiger partial charge in [0.1, 0.15) is 0 Å². The first kappa shape index (κ1) is 13.9. The molecule has 0 saturated carbocycles. The number of benzene rings is 1. The number of Topliss-reactive ketones (excluding diaryl/α,β-unsaturated/α-hetero) is 1. The lowest BCUT2D eigenvalue weighted by Gasteiger charge is -2.28. The molecule has 3 nitrogen and oxygen atoms in total. The highest BCUT2D eigenvalue weighted by molar-refractivity contribution is 6.00. The van der Waals surface area contributed by atoms with Gasteiger partial charge in [-0.3, -0.25) is 9.69 Å². The Bertz CT molecular complexity index is 337. The van der Waals surface area contributed by atoms with Gasteiger partial charge in [-0.15, -0.1) is 0 Å². The van der Waals surface area contributed by atoms with Gasteiger partial charge in [-0.1, -0.05) is 44.2 Å². The number of carbonyl (C=O) groups is 1. The molecule has 17 heavy (non-hydrogen) atoms. The Labute approximate surface area is 103 Å². The van der Waals surface area contributed by atoms with Crippen LogP contribution in [-0.4, -0.2) is 41.5 Å². The molecule has 1 rings (SSSR count). The summed E-state index contributed by atoms with van der Waals surface area (Å²) in [6, 6.07) is 9.22. The van der Waals surface area contributed by atoms with Gasteiger partial charge in [0.2, 0.25) is 0 Å². The van der Waals surface area contributed by atoms with Gasteiger partial charge in [-0.05, 0) is 13.0 Å². The average molecular weight is 235 g/mol. The van der Waals surface area contributed by atoms with Crippen molar-refractivity contribution in [3.63, 3.8) is 0 Å². The van der Waals surface area contributed by atoms with Gasteiger partial charge >= 0.3 is 0 Å². The highest BCUT2D eigenvalue weighted by atomic mass is 16.3. The van der Waals surface area contributed by atoms with E-state index in [1.807, 2.05) is 49.1 Å². The summed E-state index contributed by atoms with van der Waals surface area (Å²) in [6.45, 7) is 5.43. The Morgan fingerprint density at radius 1 is 1.29 bits per heavy atom. The van der Waals surface area contributed by atoms with E-state index in [9.17, 15) is 4.79 Å². The number of rotatable bonds is 7. The summed E-state index contributed by atoms with van der Waals surface area (Å²) >= 11 is 0. The lowest BCUT2D eigenvalue weighted by Crippen LogP contribution is -2.42. The molecule has 0 radical (unpaired) electrons. The molecule has 94 valence electrons. The van der Waals surface area contributed by atoms with Crippen molar-refractivity contribution in [1.29, 1.82) is 0 Å². The molecular weight excluding hydrogens is 214 g/mol. The number of hydrogen-bond donors (Lipinski definition) is 1. The zero-order valence-corrected chi connectivity index (χ0v) is 10.6. The summed E-state index contributed by atoms with van der Waals surface area (Å²) in [5.41, 5.74) is 0.746. The molecule has 0 fully saturated rings. The first-order valence-electron chi connectivity index (χ1n) is 6.18. The SMILES string of the molecule is CCC(C(=O)c1ccccc1)N(CC)CCO. The van der Waals surface area contributed by atoms with Gasteiger partial charge in [0.15, 0.2) is 5.78 Å². The van der Waals surface area contributed by atoms with E-state index in [1.165, 1.54) is 0 Å². The van der Waals surface area contributed by atoms with Gasteiger partial charge in [0, 0.05) is 12.1 Å². The fourth-order valence-corrected chi connectivity index (χ4v) is 2.07. The fourth-order valence-electron chi connectivity index (χ4n) is 2.07. The van der Waals surface area contributed by atoms with Gasteiger partial charge in [-0.25, -0.2) is 0 Å². The lowest BCUT2D eigenvalue weighted by molar-refractivity contribution is 0.0787. The van der Waals surface area contributed by atoms with Crippen molar-refractivity contribution >= 4 is 5.78 Å². The topological polar surface area (TPSA) is 40.5 Å². The fraction of sp³-hybridized carbons (Fsp3) is 0.500. The van der Waals surface area contributed by atoms with Crippen molar-refractivity contribution in [2.75, 3.05) is 19.7 Å². The predicted octanol–water partition coefficient (Wildman–Crippen LogP) is 1.96. The van der Waals surface area contributed by atoms with Gasteiger partial charge in [0.05, 0.1) is 12.6 Å².